The zero-order valence-electron chi connectivity index (χ0n) is 12.0. The summed E-state index contributed by atoms with van der Waals surface area (Å²) in [4.78, 5) is 4.12. The summed E-state index contributed by atoms with van der Waals surface area (Å²) in [7, 11) is -3.58. The lowest BCUT2D eigenvalue weighted by atomic mass is 10.1. The van der Waals surface area contributed by atoms with Gasteiger partial charge < -0.3 is 9.67 Å². The highest BCUT2D eigenvalue weighted by atomic mass is 32.2. The molecule has 2 atom stereocenters. The molecule has 1 aliphatic rings. The van der Waals surface area contributed by atoms with Crippen LogP contribution in [0.1, 0.15) is 38.4 Å². The topological polar surface area (TPSA) is 84.2 Å². The van der Waals surface area contributed by atoms with Crippen LogP contribution in [-0.4, -0.2) is 35.7 Å². The van der Waals surface area contributed by atoms with Gasteiger partial charge in [0.25, 0.3) is 10.0 Å². The molecule has 1 aromatic heterocycles. The first-order chi connectivity index (χ1) is 9.44. The number of aryl methyl sites for hydroxylation is 2. The van der Waals surface area contributed by atoms with E-state index in [2.05, 4.69) is 9.71 Å². The molecule has 0 aromatic carbocycles. The van der Waals surface area contributed by atoms with Crippen molar-refractivity contribution in [3.05, 3.63) is 12.0 Å². The smallest absolute Gasteiger partial charge is 0.259 e. The van der Waals surface area contributed by atoms with E-state index in [1.54, 1.807) is 13.1 Å². The fourth-order valence-corrected chi connectivity index (χ4v) is 3.72. The molecule has 1 fully saturated rings. The molecule has 0 radical (unpaired) electrons. The normalized spacial score (nSPS) is 23.4. The highest BCUT2D eigenvalue weighted by molar-refractivity contribution is 7.89. The largest absolute Gasteiger partial charge is 0.393 e. The van der Waals surface area contributed by atoms with Crippen molar-refractivity contribution in [1.82, 2.24) is 14.3 Å². The van der Waals surface area contributed by atoms with Crippen molar-refractivity contribution in [2.45, 2.75) is 57.2 Å². The number of hydrogen-bond acceptors (Lipinski definition) is 4. The van der Waals surface area contributed by atoms with Crippen molar-refractivity contribution in [1.29, 1.82) is 0 Å². The van der Waals surface area contributed by atoms with E-state index in [4.69, 9.17) is 0 Å². The number of sulfonamides is 1. The predicted octanol–water partition coefficient (Wildman–Crippen LogP) is 1.04. The van der Waals surface area contributed by atoms with Gasteiger partial charge in [0.1, 0.15) is 5.82 Å². The van der Waals surface area contributed by atoms with Crippen LogP contribution >= 0.6 is 0 Å². The molecule has 0 amide bonds. The average Bonchev–Trinajstić information content (AvgIpc) is 2.95. The van der Waals surface area contributed by atoms with E-state index in [0.29, 0.717) is 5.82 Å². The number of aromatic nitrogens is 2. The van der Waals surface area contributed by atoms with Crippen molar-refractivity contribution >= 4 is 10.0 Å². The van der Waals surface area contributed by atoms with E-state index in [1.807, 2.05) is 11.5 Å². The van der Waals surface area contributed by atoms with Crippen molar-refractivity contribution in [2.75, 3.05) is 6.54 Å². The van der Waals surface area contributed by atoms with Crippen molar-refractivity contribution < 1.29 is 13.5 Å². The minimum Gasteiger partial charge on any atom is -0.393 e. The Bertz CT molecular complexity index is 553. The van der Waals surface area contributed by atoms with Crippen molar-refractivity contribution in [3.63, 3.8) is 0 Å². The summed E-state index contributed by atoms with van der Waals surface area (Å²) in [6, 6.07) is 0. The van der Waals surface area contributed by atoms with Gasteiger partial charge >= 0.3 is 0 Å². The quantitative estimate of drug-likeness (QED) is 0.822. The molecule has 0 bridgehead atoms. The molecule has 1 aliphatic carbocycles. The zero-order valence-corrected chi connectivity index (χ0v) is 12.9. The van der Waals surface area contributed by atoms with E-state index >= 15 is 0 Å². The van der Waals surface area contributed by atoms with Gasteiger partial charge in [0.05, 0.1) is 6.10 Å². The van der Waals surface area contributed by atoms with Crippen LogP contribution in [0.25, 0.3) is 0 Å². The Morgan fingerprint density at radius 2 is 2.25 bits per heavy atom. The van der Waals surface area contributed by atoms with Crippen LogP contribution in [0.15, 0.2) is 11.2 Å². The summed E-state index contributed by atoms with van der Waals surface area (Å²) < 4.78 is 28.8. The standard InChI is InChI=1S/C13H23N3O3S/c1-3-7-16-9-13(15-10(16)2)20(18,19)14-8-11-5-4-6-12(11)17/h9,11-12,14,17H,3-8H2,1-2H3. The van der Waals surface area contributed by atoms with Gasteiger partial charge in [-0.15, -0.1) is 0 Å². The molecule has 1 aromatic rings. The zero-order chi connectivity index (χ0) is 14.8. The Morgan fingerprint density at radius 3 is 2.85 bits per heavy atom. The number of hydrogen-bond donors (Lipinski definition) is 2. The minimum atomic E-state index is -3.58. The average molecular weight is 301 g/mol. The van der Waals surface area contributed by atoms with E-state index in [1.165, 1.54) is 0 Å². The molecule has 2 rings (SSSR count). The lowest BCUT2D eigenvalue weighted by Gasteiger charge is -2.14. The van der Waals surface area contributed by atoms with Crippen LogP contribution in [0.4, 0.5) is 0 Å². The molecule has 1 saturated carbocycles. The van der Waals surface area contributed by atoms with Crippen molar-refractivity contribution in [3.8, 4) is 0 Å². The second-order valence-corrected chi connectivity index (χ2v) is 7.14. The van der Waals surface area contributed by atoms with Gasteiger partial charge in [0.2, 0.25) is 0 Å². The SMILES string of the molecule is CCCn1cc(S(=O)(=O)NCC2CCCC2O)nc1C. The Balaban J connectivity index is 2.04. The lowest BCUT2D eigenvalue weighted by Crippen LogP contribution is -2.32. The highest BCUT2D eigenvalue weighted by Crippen LogP contribution is 2.25. The molecule has 0 saturated heterocycles. The maximum atomic E-state index is 12.2. The number of nitrogens with one attached hydrogen (secondary N) is 1. The van der Waals surface area contributed by atoms with Crippen LogP contribution in [0, 0.1) is 12.8 Å². The molecule has 6 nitrogen and oxygen atoms in total. The summed E-state index contributed by atoms with van der Waals surface area (Å²) in [5, 5.41) is 9.79. The fraction of sp³-hybridized carbons (Fsp3) is 0.769. The maximum Gasteiger partial charge on any atom is 0.259 e. The van der Waals surface area contributed by atoms with Crippen LogP contribution < -0.4 is 4.72 Å². The molecule has 2 unspecified atom stereocenters. The first kappa shape index (κ1) is 15.5. The number of rotatable bonds is 6. The number of imidazole rings is 1. The van der Waals surface area contributed by atoms with Crippen LogP contribution in [0.2, 0.25) is 0 Å². The molecule has 7 heteroatoms. The molecular formula is C13H23N3O3S. The Kier molecular flexibility index (Phi) is 4.82. The molecule has 0 aliphatic heterocycles. The summed E-state index contributed by atoms with van der Waals surface area (Å²) in [5.74, 6) is 0.719. The fourth-order valence-electron chi connectivity index (χ4n) is 2.62. The van der Waals surface area contributed by atoms with Gasteiger partial charge in [-0.3, -0.25) is 0 Å². The lowest BCUT2D eigenvalue weighted by molar-refractivity contribution is 0.134. The first-order valence-electron chi connectivity index (χ1n) is 7.15. The Hall–Kier alpha value is -0.920. The molecule has 114 valence electrons. The minimum absolute atomic E-state index is 0.0172. The molecular weight excluding hydrogens is 278 g/mol. The van der Waals surface area contributed by atoms with Crippen molar-refractivity contribution in [2.24, 2.45) is 5.92 Å². The monoisotopic (exact) mass is 301 g/mol. The van der Waals surface area contributed by atoms with E-state index < -0.39 is 16.1 Å². The summed E-state index contributed by atoms with van der Waals surface area (Å²) >= 11 is 0. The number of aliphatic hydroxyl groups is 1. The summed E-state index contributed by atoms with van der Waals surface area (Å²) in [6.07, 6.45) is 4.70. The third-order valence-electron chi connectivity index (χ3n) is 3.85. The third kappa shape index (κ3) is 3.39. The summed E-state index contributed by atoms with van der Waals surface area (Å²) in [5.41, 5.74) is 0. The number of nitrogens with zero attached hydrogens (tertiary/aromatic N) is 2. The van der Waals surface area contributed by atoms with Crippen LogP contribution in [0.5, 0.6) is 0 Å². The van der Waals surface area contributed by atoms with Crippen LogP contribution in [-0.2, 0) is 16.6 Å². The number of aliphatic hydroxyl groups excluding tert-OH is 1. The second kappa shape index (κ2) is 6.24. The molecule has 2 N–H and O–H groups in total. The maximum absolute atomic E-state index is 12.2. The summed E-state index contributed by atoms with van der Waals surface area (Å²) in [6.45, 7) is 4.88. The molecule has 20 heavy (non-hydrogen) atoms. The van der Waals surface area contributed by atoms with Gasteiger partial charge in [0.15, 0.2) is 5.03 Å². The van der Waals surface area contributed by atoms with Gasteiger partial charge in [-0.25, -0.2) is 18.1 Å². The van der Waals surface area contributed by atoms with E-state index in [0.717, 1.165) is 32.2 Å². The molecule has 0 spiro atoms. The van der Waals surface area contributed by atoms with E-state index in [9.17, 15) is 13.5 Å². The van der Waals surface area contributed by atoms with Gasteiger partial charge in [-0.1, -0.05) is 13.3 Å². The third-order valence-corrected chi connectivity index (χ3v) is 5.14. The highest BCUT2D eigenvalue weighted by Gasteiger charge is 2.27. The first-order valence-corrected chi connectivity index (χ1v) is 8.64. The second-order valence-electron chi connectivity index (χ2n) is 5.43. The van der Waals surface area contributed by atoms with Gasteiger partial charge in [-0.05, 0) is 32.1 Å². The van der Waals surface area contributed by atoms with Crippen LogP contribution in [0.3, 0.4) is 0 Å². The van der Waals surface area contributed by atoms with Gasteiger partial charge in [-0.2, -0.15) is 0 Å². The van der Waals surface area contributed by atoms with Gasteiger partial charge in [0, 0.05) is 19.3 Å². The predicted molar refractivity (Wildman–Crippen MR) is 75.8 cm³/mol. The molecule has 1 heterocycles. The Labute approximate surface area is 120 Å². The Morgan fingerprint density at radius 1 is 1.50 bits per heavy atom. The van der Waals surface area contributed by atoms with E-state index in [-0.39, 0.29) is 17.5 Å².